The van der Waals surface area contributed by atoms with Crippen molar-refractivity contribution in [1.29, 1.82) is 0 Å². The zero-order chi connectivity index (χ0) is 17.3. The number of fused-ring (bicyclic) bond motifs is 1. The standard InChI is InChI=1S/C19H21N3O2/c1-5-7-15-12(3)20-18-17(13-8-10-14(24-4)11-9-13)16(6-2)21-22(18)19(15)23/h5,8-11,21H,1,6-7H2,2-4H3. The van der Waals surface area contributed by atoms with Crippen molar-refractivity contribution in [1.82, 2.24) is 14.6 Å². The lowest BCUT2D eigenvalue weighted by molar-refractivity contribution is 0.415. The van der Waals surface area contributed by atoms with E-state index in [4.69, 9.17) is 9.72 Å². The van der Waals surface area contributed by atoms with Gasteiger partial charge < -0.3 is 4.74 Å². The first-order valence-corrected chi connectivity index (χ1v) is 7.99. The van der Waals surface area contributed by atoms with E-state index in [0.717, 1.165) is 34.7 Å². The van der Waals surface area contributed by atoms with E-state index in [1.807, 2.05) is 31.2 Å². The fourth-order valence-corrected chi connectivity index (χ4v) is 2.96. The van der Waals surface area contributed by atoms with Crippen molar-refractivity contribution in [2.24, 2.45) is 0 Å². The van der Waals surface area contributed by atoms with Gasteiger partial charge in [0.25, 0.3) is 5.56 Å². The van der Waals surface area contributed by atoms with Crippen LogP contribution in [0.4, 0.5) is 0 Å². The summed E-state index contributed by atoms with van der Waals surface area (Å²) in [6.45, 7) is 7.65. The molecule has 0 unspecified atom stereocenters. The molecule has 0 aliphatic rings. The molecule has 5 heteroatoms. The minimum Gasteiger partial charge on any atom is -0.497 e. The third kappa shape index (κ3) is 2.52. The number of aromatic nitrogens is 3. The van der Waals surface area contributed by atoms with Gasteiger partial charge in [-0.2, -0.15) is 0 Å². The Labute approximate surface area is 140 Å². The summed E-state index contributed by atoms with van der Waals surface area (Å²) < 4.78 is 6.77. The molecule has 0 atom stereocenters. The van der Waals surface area contributed by atoms with Crippen molar-refractivity contribution < 1.29 is 4.74 Å². The number of rotatable bonds is 5. The summed E-state index contributed by atoms with van der Waals surface area (Å²) >= 11 is 0. The summed E-state index contributed by atoms with van der Waals surface area (Å²) in [4.78, 5) is 17.5. The Kier molecular flexibility index (Phi) is 4.25. The first kappa shape index (κ1) is 16.1. The Morgan fingerprint density at radius 1 is 1.33 bits per heavy atom. The van der Waals surface area contributed by atoms with Gasteiger partial charge in [-0.1, -0.05) is 25.1 Å². The van der Waals surface area contributed by atoms with Crippen LogP contribution in [0.3, 0.4) is 0 Å². The maximum atomic E-state index is 12.8. The molecule has 0 aliphatic carbocycles. The molecule has 2 heterocycles. The number of methoxy groups -OCH3 is 1. The van der Waals surface area contributed by atoms with E-state index in [9.17, 15) is 4.79 Å². The third-order valence-corrected chi connectivity index (χ3v) is 4.24. The topological polar surface area (TPSA) is 59.4 Å². The van der Waals surface area contributed by atoms with Gasteiger partial charge in [0.1, 0.15) is 5.75 Å². The van der Waals surface area contributed by atoms with Gasteiger partial charge >= 0.3 is 0 Å². The number of allylic oxidation sites excluding steroid dienone is 1. The summed E-state index contributed by atoms with van der Waals surface area (Å²) in [7, 11) is 1.64. The van der Waals surface area contributed by atoms with Gasteiger partial charge in [0, 0.05) is 22.5 Å². The zero-order valence-corrected chi connectivity index (χ0v) is 14.2. The molecule has 0 saturated heterocycles. The first-order valence-electron chi connectivity index (χ1n) is 7.99. The van der Waals surface area contributed by atoms with E-state index in [0.29, 0.717) is 17.6 Å². The zero-order valence-electron chi connectivity index (χ0n) is 14.2. The largest absolute Gasteiger partial charge is 0.497 e. The van der Waals surface area contributed by atoms with Gasteiger partial charge in [0.05, 0.1) is 7.11 Å². The van der Waals surface area contributed by atoms with E-state index in [-0.39, 0.29) is 5.56 Å². The molecule has 5 nitrogen and oxygen atoms in total. The Bertz CT molecular complexity index is 949. The molecule has 0 bridgehead atoms. The summed E-state index contributed by atoms with van der Waals surface area (Å²) in [6, 6.07) is 7.80. The highest BCUT2D eigenvalue weighted by molar-refractivity contribution is 5.80. The summed E-state index contributed by atoms with van der Waals surface area (Å²) in [6.07, 6.45) is 3.02. The minimum absolute atomic E-state index is 0.0631. The summed E-state index contributed by atoms with van der Waals surface area (Å²) in [5, 5.41) is 3.21. The molecule has 1 aromatic carbocycles. The van der Waals surface area contributed by atoms with E-state index in [1.165, 1.54) is 0 Å². The number of hydrogen-bond acceptors (Lipinski definition) is 3. The predicted molar refractivity (Wildman–Crippen MR) is 95.8 cm³/mol. The smallest absolute Gasteiger partial charge is 0.276 e. The number of benzene rings is 1. The Morgan fingerprint density at radius 3 is 2.62 bits per heavy atom. The third-order valence-electron chi connectivity index (χ3n) is 4.24. The molecule has 124 valence electrons. The van der Waals surface area contributed by atoms with E-state index in [1.54, 1.807) is 17.7 Å². The van der Waals surface area contributed by atoms with E-state index >= 15 is 0 Å². The van der Waals surface area contributed by atoms with Gasteiger partial charge in [-0.3, -0.25) is 9.89 Å². The molecular formula is C19H21N3O2. The second-order valence-electron chi connectivity index (χ2n) is 5.68. The first-order chi connectivity index (χ1) is 11.6. The molecule has 24 heavy (non-hydrogen) atoms. The maximum absolute atomic E-state index is 12.8. The Morgan fingerprint density at radius 2 is 2.04 bits per heavy atom. The van der Waals surface area contributed by atoms with Crippen LogP contribution < -0.4 is 10.3 Å². The van der Waals surface area contributed by atoms with Crippen molar-refractivity contribution in [3.63, 3.8) is 0 Å². The van der Waals surface area contributed by atoms with Gasteiger partial charge in [-0.25, -0.2) is 9.50 Å². The van der Waals surface area contributed by atoms with Crippen LogP contribution in [0.15, 0.2) is 41.7 Å². The maximum Gasteiger partial charge on any atom is 0.276 e. The number of hydrogen-bond donors (Lipinski definition) is 1. The molecule has 0 amide bonds. The fraction of sp³-hybridized carbons (Fsp3) is 0.263. The van der Waals surface area contributed by atoms with Crippen LogP contribution in [0.2, 0.25) is 0 Å². The molecule has 0 spiro atoms. The van der Waals surface area contributed by atoms with Crippen molar-refractivity contribution in [3.8, 4) is 16.9 Å². The number of H-pyrrole nitrogens is 1. The van der Waals surface area contributed by atoms with Gasteiger partial charge in [0.15, 0.2) is 5.65 Å². The van der Waals surface area contributed by atoms with Crippen LogP contribution in [0.25, 0.3) is 16.8 Å². The molecule has 0 fully saturated rings. The lowest BCUT2D eigenvalue weighted by Crippen LogP contribution is -2.21. The number of nitrogens with one attached hydrogen (secondary N) is 1. The van der Waals surface area contributed by atoms with Crippen molar-refractivity contribution in [3.05, 3.63) is 64.2 Å². The number of aryl methyl sites for hydroxylation is 2. The van der Waals surface area contributed by atoms with Gasteiger partial charge in [0.2, 0.25) is 0 Å². The molecule has 3 rings (SSSR count). The molecule has 0 saturated carbocycles. The highest BCUT2D eigenvalue weighted by Crippen LogP contribution is 2.29. The molecule has 3 aromatic rings. The van der Waals surface area contributed by atoms with Crippen molar-refractivity contribution in [2.45, 2.75) is 26.7 Å². The lowest BCUT2D eigenvalue weighted by Gasteiger charge is -2.06. The Hall–Kier alpha value is -2.82. The Balaban J connectivity index is 2.30. The summed E-state index contributed by atoms with van der Waals surface area (Å²) in [5.74, 6) is 0.797. The number of nitrogens with zero attached hydrogens (tertiary/aromatic N) is 2. The van der Waals surface area contributed by atoms with E-state index in [2.05, 4.69) is 18.6 Å². The van der Waals surface area contributed by atoms with Crippen LogP contribution >= 0.6 is 0 Å². The molecule has 0 aliphatic heterocycles. The second-order valence-corrected chi connectivity index (χ2v) is 5.68. The van der Waals surface area contributed by atoms with Crippen LogP contribution in [0.5, 0.6) is 5.75 Å². The van der Waals surface area contributed by atoms with Crippen LogP contribution in [-0.4, -0.2) is 21.7 Å². The fourth-order valence-electron chi connectivity index (χ4n) is 2.96. The molecule has 1 N–H and O–H groups in total. The average Bonchev–Trinajstić information content (AvgIpc) is 2.97. The molecular weight excluding hydrogens is 302 g/mol. The number of aromatic amines is 1. The average molecular weight is 323 g/mol. The summed E-state index contributed by atoms with van der Waals surface area (Å²) in [5.41, 5.74) is 4.97. The monoisotopic (exact) mass is 323 g/mol. The van der Waals surface area contributed by atoms with Crippen LogP contribution in [0.1, 0.15) is 23.9 Å². The highest BCUT2D eigenvalue weighted by Gasteiger charge is 2.18. The number of ether oxygens (including phenoxy) is 1. The minimum atomic E-state index is -0.0631. The second kappa shape index (κ2) is 6.35. The van der Waals surface area contributed by atoms with Crippen LogP contribution in [-0.2, 0) is 12.8 Å². The van der Waals surface area contributed by atoms with Crippen molar-refractivity contribution >= 4 is 5.65 Å². The lowest BCUT2D eigenvalue weighted by atomic mass is 10.0. The molecule has 0 radical (unpaired) electrons. The van der Waals surface area contributed by atoms with E-state index < -0.39 is 0 Å². The normalized spacial score (nSPS) is 11.0. The SMILES string of the molecule is C=CCc1c(C)nc2c(-c3ccc(OC)cc3)c(CC)[nH]n2c1=O. The van der Waals surface area contributed by atoms with Crippen LogP contribution in [0, 0.1) is 6.92 Å². The predicted octanol–water partition coefficient (Wildman–Crippen LogP) is 3.30. The highest BCUT2D eigenvalue weighted by atomic mass is 16.5. The van der Waals surface area contributed by atoms with Gasteiger partial charge in [-0.05, 0) is 37.5 Å². The molecule has 2 aromatic heterocycles. The van der Waals surface area contributed by atoms with Gasteiger partial charge in [-0.15, -0.1) is 6.58 Å². The van der Waals surface area contributed by atoms with Crippen molar-refractivity contribution in [2.75, 3.05) is 7.11 Å². The quantitative estimate of drug-likeness (QED) is 0.733.